The first kappa shape index (κ1) is 16.9. The van der Waals surface area contributed by atoms with E-state index in [-0.39, 0.29) is 5.92 Å². The maximum atomic E-state index is 6.03. The molecule has 0 fully saturated rings. The molecule has 7 nitrogen and oxygen atoms in total. The van der Waals surface area contributed by atoms with Crippen molar-refractivity contribution in [2.45, 2.75) is 25.6 Å². The zero-order valence-electron chi connectivity index (χ0n) is 15.2. The Balaban J connectivity index is 1.44. The standard InChI is InChI=1S/C19H24N6O/c1-23-9-16(8-20-23)10-25-11-17(19-18(12-25)21-22-24(19)2)14-26-13-15-6-4-3-5-7-15/h3-9,17H,10-14H2,1-2H3/t17-/m1/s1. The molecule has 0 radical (unpaired) electrons. The molecule has 0 unspecified atom stereocenters. The van der Waals surface area contributed by atoms with Crippen LogP contribution in [0, 0.1) is 0 Å². The van der Waals surface area contributed by atoms with Gasteiger partial charge in [0, 0.05) is 51.4 Å². The van der Waals surface area contributed by atoms with Gasteiger partial charge < -0.3 is 4.74 Å². The molecule has 0 aliphatic carbocycles. The molecule has 3 aromatic rings. The molecule has 7 heteroatoms. The summed E-state index contributed by atoms with van der Waals surface area (Å²) in [6, 6.07) is 10.3. The third-order valence-corrected chi connectivity index (χ3v) is 4.78. The molecule has 0 bridgehead atoms. The number of ether oxygens (including phenoxy) is 1. The number of aryl methyl sites for hydroxylation is 2. The Labute approximate surface area is 153 Å². The van der Waals surface area contributed by atoms with E-state index in [0.717, 1.165) is 25.3 Å². The van der Waals surface area contributed by atoms with Gasteiger partial charge in [-0.3, -0.25) is 14.3 Å². The fourth-order valence-electron chi connectivity index (χ4n) is 3.65. The van der Waals surface area contributed by atoms with Gasteiger partial charge in [-0.25, -0.2) is 0 Å². The van der Waals surface area contributed by atoms with Gasteiger partial charge in [0.2, 0.25) is 0 Å². The van der Waals surface area contributed by atoms with E-state index in [1.54, 1.807) is 0 Å². The predicted molar refractivity (Wildman–Crippen MR) is 97.2 cm³/mol. The Morgan fingerprint density at radius 1 is 1.15 bits per heavy atom. The van der Waals surface area contributed by atoms with Gasteiger partial charge in [-0.05, 0) is 5.56 Å². The number of nitrogens with zero attached hydrogens (tertiary/aromatic N) is 6. The van der Waals surface area contributed by atoms with Crippen LogP contribution in [0.4, 0.5) is 0 Å². The molecule has 0 saturated heterocycles. The monoisotopic (exact) mass is 352 g/mol. The van der Waals surface area contributed by atoms with Crippen molar-refractivity contribution in [2.24, 2.45) is 14.1 Å². The molecule has 136 valence electrons. The molecule has 1 aliphatic heterocycles. The van der Waals surface area contributed by atoms with Crippen molar-refractivity contribution in [1.82, 2.24) is 29.7 Å². The van der Waals surface area contributed by atoms with Gasteiger partial charge in [-0.15, -0.1) is 5.10 Å². The van der Waals surface area contributed by atoms with Crippen LogP contribution in [0.1, 0.15) is 28.4 Å². The Kier molecular flexibility index (Phi) is 4.81. The summed E-state index contributed by atoms with van der Waals surface area (Å²) >= 11 is 0. The van der Waals surface area contributed by atoms with Gasteiger partial charge in [-0.1, -0.05) is 35.5 Å². The summed E-state index contributed by atoms with van der Waals surface area (Å²) in [5.41, 5.74) is 4.65. The predicted octanol–water partition coefficient (Wildman–Crippen LogP) is 1.86. The van der Waals surface area contributed by atoms with E-state index in [9.17, 15) is 0 Å². The van der Waals surface area contributed by atoms with E-state index >= 15 is 0 Å². The van der Waals surface area contributed by atoms with Crippen LogP contribution in [0.25, 0.3) is 0 Å². The smallest absolute Gasteiger partial charge is 0.100 e. The molecule has 26 heavy (non-hydrogen) atoms. The third-order valence-electron chi connectivity index (χ3n) is 4.78. The summed E-state index contributed by atoms with van der Waals surface area (Å²) in [6.07, 6.45) is 3.99. The first-order valence-corrected chi connectivity index (χ1v) is 8.89. The van der Waals surface area contributed by atoms with Gasteiger partial charge in [0.1, 0.15) is 5.69 Å². The quantitative estimate of drug-likeness (QED) is 0.678. The fraction of sp³-hybridized carbons (Fsp3) is 0.421. The molecule has 0 N–H and O–H groups in total. The fourth-order valence-corrected chi connectivity index (χ4v) is 3.65. The van der Waals surface area contributed by atoms with E-state index in [2.05, 4.69) is 38.6 Å². The second-order valence-corrected chi connectivity index (χ2v) is 6.93. The molecule has 0 amide bonds. The molecule has 1 aliphatic rings. The second-order valence-electron chi connectivity index (χ2n) is 6.93. The van der Waals surface area contributed by atoms with Crippen molar-refractivity contribution >= 4 is 0 Å². The Morgan fingerprint density at radius 2 is 2.00 bits per heavy atom. The van der Waals surface area contributed by atoms with E-state index in [1.165, 1.54) is 16.8 Å². The average Bonchev–Trinajstić information content (AvgIpc) is 3.22. The maximum absolute atomic E-state index is 6.03. The average molecular weight is 352 g/mol. The zero-order chi connectivity index (χ0) is 17.9. The summed E-state index contributed by atoms with van der Waals surface area (Å²) in [4.78, 5) is 2.39. The van der Waals surface area contributed by atoms with Crippen molar-refractivity contribution in [3.05, 3.63) is 65.2 Å². The van der Waals surface area contributed by atoms with Crippen molar-refractivity contribution in [3.8, 4) is 0 Å². The van der Waals surface area contributed by atoms with Gasteiger partial charge >= 0.3 is 0 Å². The van der Waals surface area contributed by atoms with Gasteiger partial charge in [-0.2, -0.15) is 5.10 Å². The van der Waals surface area contributed by atoms with Gasteiger partial charge in [0.05, 0.1) is 25.1 Å². The van der Waals surface area contributed by atoms with Gasteiger partial charge in [0.25, 0.3) is 0 Å². The first-order valence-electron chi connectivity index (χ1n) is 8.89. The molecule has 1 aromatic carbocycles. The summed E-state index contributed by atoms with van der Waals surface area (Å²) < 4.78 is 9.77. The summed E-state index contributed by atoms with van der Waals surface area (Å²) in [5, 5.41) is 12.9. The van der Waals surface area contributed by atoms with Crippen molar-refractivity contribution < 1.29 is 4.74 Å². The highest BCUT2D eigenvalue weighted by molar-refractivity contribution is 5.20. The topological polar surface area (TPSA) is 61.0 Å². The number of hydrogen-bond acceptors (Lipinski definition) is 5. The molecule has 2 aromatic heterocycles. The van der Waals surface area contributed by atoms with E-state index in [1.807, 2.05) is 47.9 Å². The summed E-state index contributed by atoms with van der Waals surface area (Å²) in [6.45, 7) is 3.89. The lowest BCUT2D eigenvalue weighted by molar-refractivity contribution is 0.0830. The number of rotatable bonds is 6. The molecule has 0 spiro atoms. The van der Waals surface area contributed by atoms with Crippen LogP contribution in [0.15, 0.2) is 42.7 Å². The Morgan fingerprint density at radius 3 is 2.77 bits per heavy atom. The SMILES string of the molecule is Cn1cc(CN2Cc3nnn(C)c3[C@@H](COCc3ccccc3)C2)cn1. The van der Waals surface area contributed by atoms with Gasteiger partial charge in [0.15, 0.2) is 0 Å². The minimum absolute atomic E-state index is 0.263. The number of hydrogen-bond donors (Lipinski definition) is 0. The number of aromatic nitrogens is 5. The number of benzene rings is 1. The van der Waals surface area contributed by atoms with Crippen molar-refractivity contribution in [1.29, 1.82) is 0 Å². The molecular formula is C19H24N6O. The normalized spacial score (nSPS) is 17.4. The van der Waals surface area contributed by atoms with E-state index in [4.69, 9.17) is 4.74 Å². The van der Waals surface area contributed by atoms with Crippen LogP contribution >= 0.6 is 0 Å². The van der Waals surface area contributed by atoms with E-state index in [0.29, 0.717) is 13.2 Å². The lowest BCUT2D eigenvalue weighted by Gasteiger charge is -2.31. The summed E-state index contributed by atoms with van der Waals surface area (Å²) in [5.74, 6) is 0.263. The highest BCUT2D eigenvalue weighted by atomic mass is 16.5. The Hall–Kier alpha value is -2.51. The van der Waals surface area contributed by atoms with Crippen LogP contribution < -0.4 is 0 Å². The van der Waals surface area contributed by atoms with Crippen molar-refractivity contribution in [2.75, 3.05) is 13.2 Å². The maximum Gasteiger partial charge on any atom is 0.100 e. The van der Waals surface area contributed by atoms with E-state index < -0.39 is 0 Å². The third kappa shape index (κ3) is 3.68. The highest BCUT2D eigenvalue weighted by Crippen LogP contribution is 2.28. The zero-order valence-corrected chi connectivity index (χ0v) is 15.2. The van der Waals surface area contributed by atoms with Crippen LogP contribution in [0.5, 0.6) is 0 Å². The second kappa shape index (κ2) is 7.39. The molecule has 3 heterocycles. The minimum atomic E-state index is 0.263. The summed E-state index contributed by atoms with van der Waals surface area (Å²) in [7, 11) is 3.91. The lowest BCUT2D eigenvalue weighted by atomic mass is 9.98. The lowest BCUT2D eigenvalue weighted by Crippen LogP contribution is -2.35. The minimum Gasteiger partial charge on any atom is -0.376 e. The Bertz CT molecular complexity index is 856. The van der Waals surface area contributed by atoms with Crippen LogP contribution in [-0.4, -0.2) is 42.8 Å². The first-order chi connectivity index (χ1) is 12.7. The highest BCUT2D eigenvalue weighted by Gasteiger charge is 2.30. The van der Waals surface area contributed by atoms with Crippen molar-refractivity contribution in [3.63, 3.8) is 0 Å². The molecule has 4 rings (SSSR count). The molecular weight excluding hydrogens is 328 g/mol. The van der Waals surface area contributed by atoms with Crippen LogP contribution in [0.2, 0.25) is 0 Å². The molecule has 1 atom stereocenters. The largest absolute Gasteiger partial charge is 0.376 e. The number of fused-ring (bicyclic) bond motifs is 1. The molecule has 0 saturated carbocycles. The van der Waals surface area contributed by atoms with Crippen LogP contribution in [-0.2, 0) is 38.5 Å². The van der Waals surface area contributed by atoms with Crippen LogP contribution in [0.3, 0.4) is 0 Å².